The summed E-state index contributed by atoms with van der Waals surface area (Å²) in [6.07, 6.45) is 3.38. The number of nitrogens with zero attached hydrogens (tertiary/aromatic N) is 1. The van der Waals surface area contributed by atoms with Gasteiger partial charge < -0.3 is 15.0 Å². The van der Waals surface area contributed by atoms with Crippen LogP contribution < -0.4 is 5.32 Å². The highest BCUT2D eigenvalue weighted by Crippen LogP contribution is 2.59. The number of piperidine rings is 1. The number of alkyl carbamates (subject to hydrolysis) is 1. The van der Waals surface area contributed by atoms with Crippen molar-refractivity contribution in [1.29, 1.82) is 0 Å². The summed E-state index contributed by atoms with van der Waals surface area (Å²) in [5.74, 6) is 1.47. The number of likely N-dealkylation sites (tertiary alicyclic amines) is 1. The summed E-state index contributed by atoms with van der Waals surface area (Å²) in [6, 6.07) is 9.08. The summed E-state index contributed by atoms with van der Waals surface area (Å²) >= 11 is 0. The molecule has 2 saturated heterocycles. The summed E-state index contributed by atoms with van der Waals surface area (Å²) in [7, 11) is 0. The van der Waals surface area contributed by atoms with Crippen molar-refractivity contribution in [2.24, 2.45) is 11.8 Å². The first-order chi connectivity index (χ1) is 12.9. The van der Waals surface area contributed by atoms with Gasteiger partial charge in [0, 0.05) is 24.4 Å². The number of rotatable bonds is 3. The molecule has 2 unspecified atom stereocenters. The molecule has 4 aliphatic rings. The van der Waals surface area contributed by atoms with Crippen LogP contribution in [0.2, 0.25) is 0 Å². The first-order valence-corrected chi connectivity index (χ1v) is 10.2. The van der Waals surface area contributed by atoms with Gasteiger partial charge in [-0.2, -0.15) is 0 Å². The lowest BCUT2D eigenvalue weighted by Crippen LogP contribution is -2.58. The van der Waals surface area contributed by atoms with Gasteiger partial charge in [0.1, 0.15) is 6.61 Å². The molecule has 2 saturated carbocycles. The summed E-state index contributed by atoms with van der Waals surface area (Å²) in [6.45, 7) is 6.63. The molecular weight excluding hydrogens is 340 g/mol. The minimum absolute atomic E-state index is 0.0440. The zero-order valence-electron chi connectivity index (χ0n) is 16.2. The van der Waals surface area contributed by atoms with Crippen molar-refractivity contribution < 1.29 is 14.3 Å². The molecule has 4 fully saturated rings. The van der Waals surface area contributed by atoms with Crippen molar-refractivity contribution >= 4 is 12.0 Å². The Morgan fingerprint density at radius 2 is 2.11 bits per heavy atom. The molecule has 0 radical (unpaired) electrons. The fourth-order valence-corrected chi connectivity index (χ4v) is 5.55. The Kier molecular flexibility index (Phi) is 3.62. The average Bonchev–Trinajstić information content (AvgIpc) is 3.25. The molecule has 1 aromatic carbocycles. The monoisotopic (exact) mass is 368 g/mol. The van der Waals surface area contributed by atoms with E-state index in [-0.39, 0.29) is 23.5 Å². The molecule has 1 spiro atoms. The highest BCUT2D eigenvalue weighted by Gasteiger charge is 2.59. The van der Waals surface area contributed by atoms with Crippen molar-refractivity contribution in [3.63, 3.8) is 0 Å². The number of cyclic esters (lactones) is 1. The van der Waals surface area contributed by atoms with Crippen LogP contribution in [0.5, 0.6) is 0 Å². The van der Waals surface area contributed by atoms with Crippen LogP contribution in [0.15, 0.2) is 24.3 Å². The Labute approximate surface area is 160 Å². The molecule has 5 nitrogen and oxygen atoms in total. The van der Waals surface area contributed by atoms with E-state index in [2.05, 4.69) is 48.3 Å². The van der Waals surface area contributed by atoms with Crippen LogP contribution in [0.4, 0.5) is 4.79 Å². The number of carbonyl (C=O) groups excluding carboxylic acids is 2. The smallest absolute Gasteiger partial charge is 0.407 e. The van der Waals surface area contributed by atoms with E-state index < -0.39 is 0 Å². The number of ether oxygens (including phenoxy) is 1. The number of fused-ring (bicyclic) bond motifs is 1. The van der Waals surface area contributed by atoms with Gasteiger partial charge in [-0.05, 0) is 48.6 Å². The lowest BCUT2D eigenvalue weighted by molar-refractivity contribution is -0.142. The zero-order chi connectivity index (χ0) is 18.8. The predicted octanol–water partition coefficient (Wildman–Crippen LogP) is 3.19. The van der Waals surface area contributed by atoms with Gasteiger partial charge in [-0.1, -0.05) is 38.1 Å². The molecule has 2 amide bonds. The first kappa shape index (κ1) is 17.1. The van der Waals surface area contributed by atoms with E-state index in [0.29, 0.717) is 23.9 Å². The predicted molar refractivity (Wildman–Crippen MR) is 101 cm³/mol. The second kappa shape index (κ2) is 5.73. The van der Waals surface area contributed by atoms with Crippen molar-refractivity contribution in [2.75, 3.05) is 19.7 Å². The second-order valence-electron chi connectivity index (χ2n) is 9.46. The lowest BCUT2D eigenvalue weighted by atomic mass is 9.68. The molecule has 2 aliphatic heterocycles. The maximum absolute atomic E-state index is 12.9. The summed E-state index contributed by atoms with van der Waals surface area (Å²) in [5, 5.41) is 2.88. The lowest BCUT2D eigenvalue weighted by Gasteiger charge is -2.44. The topological polar surface area (TPSA) is 58.6 Å². The largest absolute Gasteiger partial charge is 0.447 e. The minimum Gasteiger partial charge on any atom is -0.447 e. The average molecular weight is 368 g/mol. The van der Waals surface area contributed by atoms with E-state index in [1.165, 1.54) is 17.5 Å². The van der Waals surface area contributed by atoms with Gasteiger partial charge in [0.25, 0.3) is 0 Å². The van der Waals surface area contributed by atoms with Gasteiger partial charge in [-0.15, -0.1) is 0 Å². The summed E-state index contributed by atoms with van der Waals surface area (Å²) in [5.41, 5.74) is 2.91. The Morgan fingerprint density at radius 3 is 2.78 bits per heavy atom. The summed E-state index contributed by atoms with van der Waals surface area (Å²) < 4.78 is 5.02. The van der Waals surface area contributed by atoms with Crippen LogP contribution in [0.25, 0.3) is 0 Å². The molecule has 27 heavy (non-hydrogen) atoms. The number of hydrogen-bond acceptors (Lipinski definition) is 3. The van der Waals surface area contributed by atoms with Crippen LogP contribution in [-0.4, -0.2) is 42.1 Å². The third kappa shape index (κ3) is 2.66. The molecule has 144 valence electrons. The van der Waals surface area contributed by atoms with E-state index in [1.807, 2.05) is 0 Å². The third-order valence-corrected chi connectivity index (χ3v) is 7.41. The second-order valence-corrected chi connectivity index (χ2v) is 9.46. The standard InChI is InChI=1S/C22H28N2O3/c1-14(2)15-4-3-5-17(8-15)22-6-7-24(12-18(22)11-22)19(25)16-9-21(10-16)13-27-20(26)23-21/h3-5,8,14,16,18H,6-7,9-13H2,1-2H3,(H,23,26). The molecule has 5 heteroatoms. The van der Waals surface area contributed by atoms with E-state index in [1.54, 1.807) is 0 Å². The Hall–Kier alpha value is -2.04. The molecule has 2 aliphatic carbocycles. The quantitative estimate of drug-likeness (QED) is 0.891. The zero-order valence-corrected chi connectivity index (χ0v) is 16.2. The van der Waals surface area contributed by atoms with Crippen LogP contribution in [0.1, 0.15) is 56.6 Å². The third-order valence-electron chi connectivity index (χ3n) is 7.41. The summed E-state index contributed by atoms with van der Waals surface area (Å²) in [4.78, 5) is 26.3. The molecular formula is C22H28N2O3. The van der Waals surface area contributed by atoms with E-state index in [0.717, 1.165) is 32.4 Å². The number of carbonyl (C=O) groups is 2. The molecule has 1 N–H and O–H groups in total. The van der Waals surface area contributed by atoms with Gasteiger partial charge in [0.05, 0.1) is 5.54 Å². The molecule has 2 heterocycles. The van der Waals surface area contributed by atoms with Gasteiger partial charge in [-0.3, -0.25) is 4.79 Å². The normalized spacial score (nSPS) is 36.9. The first-order valence-electron chi connectivity index (χ1n) is 10.2. The molecule has 2 atom stereocenters. The van der Waals surface area contributed by atoms with Crippen molar-refractivity contribution in [1.82, 2.24) is 10.2 Å². The van der Waals surface area contributed by atoms with Crippen LogP contribution in [0.3, 0.4) is 0 Å². The SMILES string of the molecule is CC(C)c1cccc(C23CCN(C(=O)C4CC5(COC(=O)N5)C4)CC2C3)c1. The fraction of sp³-hybridized carbons (Fsp3) is 0.636. The molecule has 5 rings (SSSR count). The van der Waals surface area contributed by atoms with Crippen LogP contribution >= 0.6 is 0 Å². The van der Waals surface area contributed by atoms with Gasteiger partial charge in [0.2, 0.25) is 5.91 Å². The number of hydrogen-bond donors (Lipinski definition) is 1. The molecule has 0 aromatic heterocycles. The molecule has 1 aromatic rings. The van der Waals surface area contributed by atoms with Crippen molar-refractivity contribution in [3.8, 4) is 0 Å². The van der Waals surface area contributed by atoms with Gasteiger partial charge >= 0.3 is 6.09 Å². The van der Waals surface area contributed by atoms with Gasteiger partial charge in [-0.25, -0.2) is 4.79 Å². The number of nitrogens with one attached hydrogen (secondary N) is 1. The Morgan fingerprint density at radius 1 is 1.30 bits per heavy atom. The Bertz CT molecular complexity index is 799. The highest BCUT2D eigenvalue weighted by molar-refractivity contribution is 5.82. The minimum atomic E-state index is -0.342. The van der Waals surface area contributed by atoms with Crippen molar-refractivity contribution in [2.45, 2.75) is 56.4 Å². The molecule has 0 bridgehead atoms. The van der Waals surface area contributed by atoms with Crippen molar-refractivity contribution in [3.05, 3.63) is 35.4 Å². The number of benzene rings is 1. The fourth-order valence-electron chi connectivity index (χ4n) is 5.55. The van der Waals surface area contributed by atoms with E-state index in [9.17, 15) is 9.59 Å². The van der Waals surface area contributed by atoms with Crippen LogP contribution in [-0.2, 0) is 14.9 Å². The van der Waals surface area contributed by atoms with E-state index >= 15 is 0 Å². The number of amides is 2. The maximum Gasteiger partial charge on any atom is 0.407 e. The maximum atomic E-state index is 12.9. The highest BCUT2D eigenvalue weighted by atomic mass is 16.6. The van der Waals surface area contributed by atoms with Crippen LogP contribution in [0, 0.1) is 11.8 Å². The van der Waals surface area contributed by atoms with E-state index in [4.69, 9.17) is 4.74 Å². The van der Waals surface area contributed by atoms with Gasteiger partial charge in [0.15, 0.2) is 0 Å². The Balaban J connectivity index is 1.22.